The van der Waals surface area contributed by atoms with Gasteiger partial charge in [0.15, 0.2) is 6.29 Å². The number of thioether (sulfide) groups is 1. The number of carbonyl (C=O) groups is 1. The van der Waals surface area contributed by atoms with Crippen molar-refractivity contribution in [2.45, 2.75) is 11.1 Å². The normalized spacial score (nSPS) is 9.80. The van der Waals surface area contributed by atoms with Crippen molar-refractivity contribution in [1.29, 1.82) is 0 Å². The number of aryl methyl sites for hydroxylation is 1. The van der Waals surface area contributed by atoms with Gasteiger partial charge in [-0.15, -0.1) is 23.1 Å². The van der Waals surface area contributed by atoms with E-state index in [-0.39, 0.29) is 0 Å². The molecule has 1 heterocycles. The maximum absolute atomic E-state index is 10.4. The summed E-state index contributed by atoms with van der Waals surface area (Å²) < 4.78 is 1.21. The fourth-order valence-electron chi connectivity index (χ4n) is 0.684. The van der Waals surface area contributed by atoms with E-state index in [0.29, 0.717) is 0 Å². The van der Waals surface area contributed by atoms with E-state index in [4.69, 9.17) is 0 Å². The minimum Gasteiger partial charge on any atom is -0.297 e. The molecule has 1 rings (SSSR count). The molecule has 0 aliphatic rings. The van der Waals surface area contributed by atoms with Gasteiger partial charge in [0.25, 0.3) is 0 Å². The molecule has 0 unspecified atom stereocenters. The third-order valence-corrected chi connectivity index (χ3v) is 3.47. The zero-order chi connectivity index (χ0) is 7.56. The van der Waals surface area contributed by atoms with Crippen LogP contribution in [0.3, 0.4) is 0 Å². The van der Waals surface area contributed by atoms with E-state index in [1.165, 1.54) is 4.21 Å². The van der Waals surface area contributed by atoms with Gasteiger partial charge in [-0.05, 0) is 24.8 Å². The zero-order valence-corrected chi connectivity index (χ0v) is 7.51. The summed E-state index contributed by atoms with van der Waals surface area (Å²) in [7, 11) is 0. The standard InChI is InChI=1S/C7H8OS2/c1-5-3-7(9-2)10-6(5)4-8/h3-4H,1-2H3. The largest absolute Gasteiger partial charge is 0.297 e. The minimum absolute atomic E-state index is 0.851. The molecule has 0 fully saturated rings. The van der Waals surface area contributed by atoms with Crippen LogP contribution in [0.4, 0.5) is 0 Å². The summed E-state index contributed by atoms with van der Waals surface area (Å²) in [5, 5.41) is 0. The molecule has 0 atom stereocenters. The van der Waals surface area contributed by atoms with Crippen molar-refractivity contribution >= 4 is 29.4 Å². The van der Waals surface area contributed by atoms with Gasteiger partial charge in [0.2, 0.25) is 0 Å². The molecule has 10 heavy (non-hydrogen) atoms. The Labute approximate surface area is 68.5 Å². The van der Waals surface area contributed by atoms with E-state index >= 15 is 0 Å². The second-order valence-corrected chi connectivity index (χ2v) is 4.12. The van der Waals surface area contributed by atoms with Crippen LogP contribution in [0.2, 0.25) is 0 Å². The Morgan fingerprint density at radius 2 is 2.40 bits per heavy atom. The molecule has 1 nitrogen and oxygen atoms in total. The van der Waals surface area contributed by atoms with Crippen molar-refractivity contribution in [1.82, 2.24) is 0 Å². The van der Waals surface area contributed by atoms with Crippen LogP contribution in [-0.2, 0) is 0 Å². The Balaban J connectivity index is 3.03. The third kappa shape index (κ3) is 1.41. The molecule has 0 N–H and O–H groups in total. The number of hydrogen-bond donors (Lipinski definition) is 0. The lowest BCUT2D eigenvalue weighted by atomic mass is 10.3. The number of rotatable bonds is 2. The van der Waals surface area contributed by atoms with Gasteiger partial charge in [0.1, 0.15) is 0 Å². The SMILES string of the molecule is CSc1cc(C)c(C=O)s1. The highest BCUT2D eigenvalue weighted by molar-refractivity contribution is 8.00. The highest BCUT2D eigenvalue weighted by Crippen LogP contribution is 2.27. The molecular weight excluding hydrogens is 164 g/mol. The number of aldehydes is 1. The van der Waals surface area contributed by atoms with Gasteiger partial charge < -0.3 is 0 Å². The Morgan fingerprint density at radius 3 is 2.70 bits per heavy atom. The van der Waals surface area contributed by atoms with Crippen molar-refractivity contribution < 1.29 is 4.79 Å². The molecule has 0 aromatic carbocycles. The molecule has 0 aliphatic carbocycles. The van der Waals surface area contributed by atoms with Crippen molar-refractivity contribution in [3.8, 4) is 0 Å². The summed E-state index contributed by atoms with van der Waals surface area (Å²) in [4.78, 5) is 11.2. The van der Waals surface area contributed by atoms with Crippen LogP contribution >= 0.6 is 23.1 Å². The Kier molecular flexibility index (Phi) is 2.51. The molecule has 0 saturated heterocycles. The monoisotopic (exact) mass is 172 g/mol. The summed E-state index contributed by atoms with van der Waals surface area (Å²) >= 11 is 3.23. The van der Waals surface area contributed by atoms with Crippen molar-refractivity contribution in [3.63, 3.8) is 0 Å². The first kappa shape index (κ1) is 7.82. The van der Waals surface area contributed by atoms with Crippen LogP contribution in [0.25, 0.3) is 0 Å². The topological polar surface area (TPSA) is 17.1 Å². The molecule has 54 valence electrons. The van der Waals surface area contributed by atoms with Crippen LogP contribution in [0.1, 0.15) is 15.2 Å². The first-order valence-electron chi connectivity index (χ1n) is 2.87. The Morgan fingerprint density at radius 1 is 1.70 bits per heavy atom. The summed E-state index contributed by atoms with van der Waals surface area (Å²) in [6.07, 6.45) is 2.93. The molecule has 0 saturated carbocycles. The molecule has 1 aromatic rings. The maximum atomic E-state index is 10.4. The van der Waals surface area contributed by atoms with Crippen LogP contribution in [0.15, 0.2) is 10.3 Å². The van der Waals surface area contributed by atoms with E-state index in [1.54, 1.807) is 23.1 Å². The fraction of sp³-hybridized carbons (Fsp3) is 0.286. The summed E-state index contributed by atoms with van der Waals surface area (Å²) in [5.74, 6) is 0. The average molecular weight is 172 g/mol. The van der Waals surface area contributed by atoms with E-state index in [1.807, 2.05) is 19.2 Å². The van der Waals surface area contributed by atoms with Gasteiger partial charge in [-0.3, -0.25) is 4.79 Å². The average Bonchev–Trinajstić information content (AvgIpc) is 2.30. The minimum atomic E-state index is 0.851. The quantitative estimate of drug-likeness (QED) is 0.504. The van der Waals surface area contributed by atoms with Gasteiger partial charge >= 0.3 is 0 Å². The second-order valence-electron chi connectivity index (χ2n) is 1.93. The Hall–Kier alpha value is -0.280. The third-order valence-electron chi connectivity index (χ3n) is 1.24. The second kappa shape index (κ2) is 3.21. The maximum Gasteiger partial charge on any atom is 0.160 e. The Bertz CT molecular complexity index is 240. The van der Waals surface area contributed by atoms with Crippen molar-refractivity contribution in [3.05, 3.63) is 16.5 Å². The number of carbonyl (C=O) groups excluding carboxylic acids is 1. The van der Waals surface area contributed by atoms with E-state index in [0.717, 1.165) is 16.7 Å². The lowest BCUT2D eigenvalue weighted by molar-refractivity contribution is 0.112. The molecule has 1 aromatic heterocycles. The van der Waals surface area contributed by atoms with Crippen LogP contribution in [-0.4, -0.2) is 12.5 Å². The lowest BCUT2D eigenvalue weighted by Gasteiger charge is -1.80. The number of hydrogen-bond acceptors (Lipinski definition) is 3. The van der Waals surface area contributed by atoms with Crippen LogP contribution in [0, 0.1) is 6.92 Å². The molecule has 0 radical (unpaired) electrons. The van der Waals surface area contributed by atoms with Gasteiger partial charge in [-0.1, -0.05) is 0 Å². The fourth-order valence-corrected chi connectivity index (χ4v) is 2.30. The molecule has 0 amide bonds. The molecule has 0 aliphatic heterocycles. The summed E-state index contributed by atoms with van der Waals surface area (Å²) in [6.45, 7) is 1.96. The van der Waals surface area contributed by atoms with E-state index < -0.39 is 0 Å². The summed E-state index contributed by atoms with van der Waals surface area (Å²) in [6, 6.07) is 2.04. The van der Waals surface area contributed by atoms with Crippen molar-refractivity contribution in [2.24, 2.45) is 0 Å². The van der Waals surface area contributed by atoms with Gasteiger partial charge in [0.05, 0.1) is 9.09 Å². The summed E-state index contributed by atoms with van der Waals surface area (Å²) in [5.41, 5.74) is 1.09. The first-order chi connectivity index (χ1) is 4.77. The highest BCUT2D eigenvalue weighted by Gasteiger charge is 2.01. The zero-order valence-electron chi connectivity index (χ0n) is 5.88. The smallest absolute Gasteiger partial charge is 0.160 e. The van der Waals surface area contributed by atoms with E-state index in [9.17, 15) is 4.79 Å². The molecule has 0 bridgehead atoms. The van der Waals surface area contributed by atoms with Crippen LogP contribution < -0.4 is 0 Å². The predicted octanol–water partition coefficient (Wildman–Crippen LogP) is 2.59. The van der Waals surface area contributed by atoms with Crippen molar-refractivity contribution in [2.75, 3.05) is 6.26 Å². The van der Waals surface area contributed by atoms with Crippen LogP contribution in [0.5, 0.6) is 0 Å². The van der Waals surface area contributed by atoms with Gasteiger partial charge in [-0.25, -0.2) is 0 Å². The molecular formula is C7H8OS2. The van der Waals surface area contributed by atoms with Gasteiger partial charge in [-0.2, -0.15) is 0 Å². The molecule has 3 heteroatoms. The molecule has 0 spiro atoms. The first-order valence-corrected chi connectivity index (χ1v) is 4.91. The van der Waals surface area contributed by atoms with Gasteiger partial charge in [0, 0.05) is 0 Å². The predicted molar refractivity (Wildman–Crippen MR) is 46.2 cm³/mol. The number of thiophene rings is 1. The lowest BCUT2D eigenvalue weighted by Crippen LogP contribution is -1.72. The highest BCUT2D eigenvalue weighted by atomic mass is 32.2. The van der Waals surface area contributed by atoms with E-state index in [2.05, 4.69) is 0 Å².